The Labute approximate surface area is 218 Å². The molecule has 8 nitrogen and oxygen atoms in total. The number of aromatic carboxylic acids is 1. The Bertz CT molecular complexity index is 1410. The van der Waals surface area contributed by atoms with Crippen molar-refractivity contribution >= 4 is 22.1 Å². The molecule has 0 saturated carbocycles. The third-order valence-corrected chi connectivity index (χ3v) is 7.30. The first kappa shape index (κ1) is 28.0. The Morgan fingerprint density at radius 3 is 2.14 bits per heavy atom. The molecule has 1 aromatic heterocycles. The van der Waals surface area contributed by atoms with Crippen LogP contribution in [0.1, 0.15) is 63.0 Å². The van der Waals surface area contributed by atoms with Crippen LogP contribution in [0.3, 0.4) is 0 Å². The van der Waals surface area contributed by atoms with Crippen molar-refractivity contribution in [2.75, 3.05) is 7.05 Å². The molecule has 1 N–H and O–H groups in total. The summed E-state index contributed by atoms with van der Waals surface area (Å²) in [6.45, 7) is 10.8. The van der Waals surface area contributed by atoms with E-state index in [1.54, 1.807) is 78.9 Å². The van der Waals surface area contributed by atoms with Gasteiger partial charge in [0.1, 0.15) is 5.60 Å². The van der Waals surface area contributed by atoms with Crippen LogP contribution < -0.4 is 0 Å². The van der Waals surface area contributed by atoms with Gasteiger partial charge in [0.05, 0.1) is 22.7 Å². The normalized spacial score (nSPS) is 12.3. The van der Waals surface area contributed by atoms with Gasteiger partial charge in [-0.25, -0.2) is 22.0 Å². The molecule has 0 aliphatic carbocycles. The lowest BCUT2D eigenvalue weighted by atomic mass is 9.83. The number of carbonyl (C=O) groups is 2. The van der Waals surface area contributed by atoms with Crippen molar-refractivity contribution in [3.8, 4) is 11.3 Å². The molecular formula is C28H34N2O6S. The number of aromatic nitrogens is 1. The van der Waals surface area contributed by atoms with Crippen molar-refractivity contribution in [3.63, 3.8) is 0 Å². The van der Waals surface area contributed by atoms with Crippen molar-refractivity contribution < 1.29 is 27.9 Å². The fourth-order valence-corrected chi connectivity index (χ4v) is 5.91. The maximum atomic E-state index is 14.2. The molecule has 0 unspecified atom stereocenters. The molecule has 0 spiro atoms. The van der Waals surface area contributed by atoms with Crippen molar-refractivity contribution in [1.82, 2.24) is 8.87 Å². The maximum absolute atomic E-state index is 14.2. The lowest BCUT2D eigenvalue weighted by Crippen LogP contribution is -2.33. The van der Waals surface area contributed by atoms with Crippen LogP contribution in [0.25, 0.3) is 11.3 Å². The Kier molecular flexibility index (Phi) is 7.60. The highest BCUT2D eigenvalue weighted by Crippen LogP contribution is 2.35. The largest absolute Gasteiger partial charge is 0.478 e. The van der Waals surface area contributed by atoms with E-state index in [9.17, 15) is 23.1 Å². The Morgan fingerprint density at radius 2 is 1.59 bits per heavy atom. The predicted octanol–water partition coefficient (Wildman–Crippen LogP) is 5.75. The van der Waals surface area contributed by atoms with E-state index in [4.69, 9.17) is 4.74 Å². The van der Waals surface area contributed by atoms with E-state index in [-0.39, 0.29) is 22.6 Å². The van der Waals surface area contributed by atoms with Crippen LogP contribution in [0.2, 0.25) is 0 Å². The summed E-state index contributed by atoms with van der Waals surface area (Å²) >= 11 is 0. The second-order valence-electron chi connectivity index (χ2n) is 11.0. The molecule has 198 valence electrons. The average Bonchev–Trinajstić information content (AvgIpc) is 3.22. The summed E-state index contributed by atoms with van der Waals surface area (Å²) in [5, 5.41) is 9.81. The summed E-state index contributed by atoms with van der Waals surface area (Å²) in [5.41, 5.74) is 0.348. The fourth-order valence-electron chi connectivity index (χ4n) is 4.08. The minimum atomic E-state index is -4.23. The number of carboxylic acid groups (broad SMARTS) is 1. The summed E-state index contributed by atoms with van der Waals surface area (Å²) in [6.07, 6.45) is 0.937. The molecule has 0 atom stereocenters. The number of nitrogens with zero attached hydrogens (tertiary/aromatic N) is 2. The predicted molar refractivity (Wildman–Crippen MR) is 142 cm³/mol. The van der Waals surface area contributed by atoms with Gasteiger partial charge in [-0.3, -0.25) is 0 Å². The summed E-state index contributed by atoms with van der Waals surface area (Å²) in [4.78, 5) is 25.8. The van der Waals surface area contributed by atoms with Gasteiger partial charge in [-0.05, 0) is 61.1 Å². The third-order valence-electron chi connectivity index (χ3n) is 5.58. The van der Waals surface area contributed by atoms with E-state index in [0.717, 1.165) is 3.97 Å². The number of carbonyl (C=O) groups excluding carboxylic acids is 1. The van der Waals surface area contributed by atoms with E-state index < -0.39 is 33.1 Å². The average molecular weight is 527 g/mol. The summed E-state index contributed by atoms with van der Waals surface area (Å²) in [6, 6.07) is 15.0. The second kappa shape index (κ2) is 10.0. The number of ether oxygens (including phenoxy) is 1. The second-order valence-corrected chi connectivity index (χ2v) is 12.8. The molecule has 3 rings (SSSR count). The van der Waals surface area contributed by atoms with Crippen LogP contribution in [0.4, 0.5) is 4.79 Å². The minimum Gasteiger partial charge on any atom is -0.478 e. The smallest absolute Gasteiger partial charge is 0.410 e. The van der Waals surface area contributed by atoms with Gasteiger partial charge < -0.3 is 14.7 Å². The van der Waals surface area contributed by atoms with E-state index in [1.165, 1.54) is 29.3 Å². The molecule has 0 radical (unpaired) electrons. The van der Waals surface area contributed by atoms with E-state index in [0.29, 0.717) is 16.8 Å². The molecule has 0 bridgehead atoms. The van der Waals surface area contributed by atoms with E-state index in [1.807, 2.05) is 6.07 Å². The zero-order valence-corrected chi connectivity index (χ0v) is 23.1. The van der Waals surface area contributed by atoms with Crippen LogP contribution in [0, 0.1) is 0 Å². The van der Waals surface area contributed by atoms with Crippen molar-refractivity contribution in [2.45, 2.75) is 64.0 Å². The highest BCUT2D eigenvalue weighted by Gasteiger charge is 2.33. The fraction of sp³-hybridized carbons (Fsp3) is 0.357. The molecule has 0 aliphatic heterocycles. The maximum Gasteiger partial charge on any atom is 0.410 e. The number of amides is 1. The lowest BCUT2D eigenvalue weighted by molar-refractivity contribution is 0.0285. The molecule has 2 aromatic carbocycles. The topological polar surface area (TPSA) is 106 Å². The Balaban J connectivity index is 2.19. The van der Waals surface area contributed by atoms with Gasteiger partial charge in [0.2, 0.25) is 0 Å². The minimum absolute atomic E-state index is 0.0631. The molecule has 0 aliphatic rings. The molecule has 3 aromatic rings. The van der Waals surface area contributed by atoms with Gasteiger partial charge in [-0.1, -0.05) is 57.2 Å². The zero-order chi connectivity index (χ0) is 27.8. The van der Waals surface area contributed by atoms with Gasteiger partial charge in [-0.15, -0.1) is 0 Å². The third kappa shape index (κ3) is 6.22. The zero-order valence-electron chi connectivity index (χ0n) is 22.3. The molecule has 37 heavy (non-hydrogen) atoms. The molecular weight excluding hydrogens is 492 g/mol. The Hall–Kier alpha value is -3.59. The number of hydrogen-bond acceptors (Lipinski definition) is 5. The van der Waals surface area contributed by atoms with Crippen molar-refractivity contribution in [1.29, 1.82) is 0 Å². The number of hydrogen-bond donors (Lipinski definition) is 1. The Morgan fingerprint density at radius 1 is 0.973 bits per heavy atom. The number of benzene rings is 2. The first-order chi connectivity index (χ1) is 17.0. The van der Waals surface area contributed by atoms with E-state index >= 15 is 0 Å². The first-order valence-corrected chi connectivity index (χ1v) is 13.3. The summed E-state index contributed by atoms with van der Waals surface area (Å²) < 4.78 is 34.9. The van der Waals surface area contributed by atoms with Crippen LogP contribution >= 0.6 is 0 Å². The van der Waals surface area contributed by atoms with Gasteiger partial charge in [-0.2, -0.15) is 0 Å². The molecule has 1 amide bonds. The highest BCUT2D eigenvalue weighted by molar-refractivity contribution is 7.90. The van der Waals surface area contributed by atoms with Gasteiger partial charge in [0, 0.05) is 13.2 Å². The molecule has 1 heterocycles. The highest BCUT2D eigenvalue weighted by atomic mass is 32.2. The van der Waals surface area contributed by atoms with E-state index in [2.05, 4.69) is 0 Å². The monoisotopic (exact) mass is 526 g/mol. The standard InChI is InChI=1S/C28H34N2O6S/c1-27(2,3)24-21(25(31)32)14-11-15-23(24)37(34,35)30-18-19(16-22(30)20-12-9-8-10-13-20)17-29(7)26(33)36-28(4,5)6/h8-16,18H,17H2,1-7H3,(H,31,32). The van der Waals surface area contributed by atoms with Crippen LogP contribution in [0.15, 0.2) is 65.7 Å². The van der Waals surface area contributed by atoms with Gasteiger partial charge in [0.15, 0.2) is 0 Å². The molecule has 0 saturated heterocycles. The number of rotatable bonds is 6. The van der Waals surface area contributed by atoms with Crippen LogP contribution in [-0.4, -0.2) is 47.1 Å². The van der Waals surface area contributed by atoms with Crippen LogP contribution in [0.5, 0.6) is 0 Å². The summed E-state index contributed by atoms with van der Waals surface area (Å²) in [7, 11) is -2.65. The molecule has 0 fully saturated rings. The lowest BCUT2D eigenvalue weighted by Gasteiger charge is -2.25. The first-order valence-electron chi connectivity index (χ1n) is 11.9. The van der Waals surface area contributed by atoms with Crippen molar-refractivity contribution in [2.24, 2.45) is 0 Å². The van der Waals surface area contributed by atoms with Crippen LogP contribution in [-0.2, 0) is 26.7 Å². The van der Waals surface area contributed by atoms with Crippen molar-refractivity contribution in [3.05, 3.63) is 77.5 Å². The quantitative estimate of drug-likeness (QED) is 0.438. The summed E-state index contributed by atoms with van der Waals surface area (Å²) in [5.74, 6) is -1.20. The molecule has 9 heteroatoms. The number of carboxylic acids is 1. The SMILES string of the molecule is CN(Cc1cc(-c2ccccc2)n(S(=O)(=O)c2cccc(C(=O)O)c2C(C)(C)C)c1)C(=O)OC(C)(C)C. The van der Waals surface area contributed by atoms with Gasteiger partial charge >= 0.3 is 12.1 Å². The van der Waals surface area contributed by atoms with Gasteiger partial charge in [0.25, 0.3) is 10.0 Å².